The van der Waals surface area contributed by atoms with Crippen LogP contribution >= 0.6 is 0 Å². The first kappa shape index (κ1) is 12.6. The lowest BCUT2D eigenvalue weighted by molar-refractivity contribution is 0.278. The van der Waals surface area contributed by atoms with Gasteiger partial charge in [0.05, 0.1) is 0 Å². The first-order valence-corrected chi connectivity index (χ1v) is 6.92. The van der Waals surface area contributed by atoms with Gasteiger partial charge in [-0.2, -0.15) is 0 Å². The number of aromatic nitrogens is 1. The van der Waals surface area contributed by atoms with Crippen LogP contribution in [0.5, 0.6) is 0 Å². The van der Waals surface area contributed by atoms with Crippen LogP contribution in [0, 0.1) is 12.8 Å². The van der Waals surface area contributed by atoms with Gasteiger partial charge in [0.1, 0.15) is 0 Å². The van der Waals surface area contributed by atoms with E-state index in [1.165, 1.54) is 43.2 Å². The Balaban J connectivity index is 1.81. The standard InChI is InChI=1S/C15H24N2/c1-3-13-5-4-6-15(8-13)17-11-14-7-12(2)9-16-10-14/h7,9-10,13,15,17H,3-6,8,11H2,1-2H3. The molecule has 1 heterocycles. The molecule has 0 bridgehead atoms. The lowest BCUT2D eigenvalue weighted by atomic mass is 9.84. The summed E-state index contributed by atoms with van der Waals surface area (Å²) >= 11 is 0. The first-order valence-electron chi connectivity index (χ1n) is 6.92. The van der Waals surface area contributed by atoms with Crippen LogP contribution in [-0.4, -0.2) is 11.0 Å². The van der Waals surface area contributed by atoms with E-state index in [1.54, 1.807) is 0 Å². The van der Waals surface area contributed by atoms with Gasteiger partial charge in [-0.25, -0.2) is 0 Å². The summed E-state index contributed by atoms with van der Waals surface area (Å²) in [5.74, 6) is 0.942. The first-order chi connectivity index (χ1) is 8.28. The highest BCUT2D eigenvalue weighted by molar-refractivity contribution is 5.16. The molecule has 2 atom stereocenters. The van der Waals surface area contributed by atoms with Gasteiger partial charge in [-0.05, 0) is 36.8 Å². The van der Waals surface area contributed by atoms with E-state index in [-0.39, 0.29) is 0 Å². The fourth-order valence-electron chi connectivity index (χ4n) is 2.82. The molecule has 1 aliphatic rings. The second kappa shape index (κ2) is 6.15. The van der Waals surface area contributed by atoms with Gasteiger partial charge in [0.15, 0.2) is 0 Å². The molecule has 2 rings (SSSR count). The van der Waals surface area contributed by atoms with E-state index in [1.807, 2.05) is 12.4 Å². The number of rotatable bonds is 4. The minimum absolute atomic E-state index is 0.717. The van der Waals surface area contributed by atoms with Crippen molar-refractivity contribution in [3.05, 3.63) is 29.6 Å². The predicted molar refractivity (Wildman–Crippen MR) is 71.9 cm³/mol. The van der Waals surface area contributed by atoms with Crippen LogP contribution in [0.2, 0.25) is 0 Å². The third kappa shape index (κ3) is 3.81. The molecule has 94 valence electrons. The molecule has 2 unspecified atom stereocenters. The number of aryl methyl sites for hydroxylation is 1. The number of pyridine rings is 1. The molecule has 1 fully saturated rings. The molecule has 0 aliphatic heterocycles. The smallest absolute Gasteiger partial charge is 0.0313 e. The highest BCUT2D eigenvalue weighted by atomic mass is 14.9. The molecule has 1 N–H and O–H groups in total. The third-order valence-electron chi connectivity index (χ3n) is 3.89. The molecule has 17 heavy (non-hydrogen) atoms. The Hall–Kier alpha value is -0.890. The summed E-state index contributed by atoms with van der Waals surface area (Å²) in [4.78, 5) is 4.24. The van der Waals surface area contributed by atoms with Gasteiger partial charge in [-0.1, -0.05) is 32.3 Å². The van der Waals surface area contributed by atoms with Crippen LogP contribution in [0.15, 0.2) is 18.5 Å². The third-order valence-corrected chi connectivity index (χ3v) is 3.89. The van der Waals surface area contributed by atoms with E-state index in [9.17, 15) is 0 Å². The number of hydrogen-bond acceptors (Lipinski definition) is 2. The summed E-state index contributed by atoms with van der Waals surface area (Å²) in [6.07, 6.45) is 10.7. The highest BCUT2D eigenvalue weighted by Gasteiger charge is 2.19. The lowest BCUT2D eigenvalue weighted by Gasteiger charge is -2.29. The second-order valence-corrected chi connectivity index (χ2v) is 5.39. The fraction of sp³-hybridized carbons (Fsp3) is 0.667. The average molecular weight is 232 g/mol. The van der Waals surface area contributed by atoms with Gasteiger partial charge in [-0.15, -0.1) is 0 Å². The molecule has 1 saturated carbocycles. The molecule has 0 saturated heterocycles. The molecule has 0 amide bonds. The van der Waals surface area contributed by atoms with Gasteiger partial charge in [-0.3, -0.25) is 4.98 Å². The largest absolute Gasteiger partial charge is 0.310 e. The summed E-state index contributed by atoms with van der Waals surface area (Å²) in [6, 6.07) is 2.94. The molecular weight excluding hydrogens is 208 g/mol. The molecular formula is C15H24N2. The Morgan fingerprint density at radius 1 is 1.35 bits per heavy atom. The van der Waals surface area contributed by atoms with Crippen LogP contribution < -0.4 is 5.32 Å². The molecule has 0 aromatic carbocycles. The van der Waals surface area contributed by atoms with Crippen LogP contribution in [-0.2, 0) is 6.54 Å². The number of hydrogen-bond donors (Lipinski definition) is 1. The monoisotopic (exact) mass is 232 g/mol. The zero-order valence-corrected chi connectivity index (χ0v) is 11.1. The molecule has 2 nitrogen and oxygen atoms in total. The number of nitrogens with one attached hydrogen (secondary N) is 1. The summed E-state index contributed by atoms with van der Waals surface area (Å²) in [5, 5.41) is 3.69. The van der Waals surface area contributed by atoms with Gasteiger partial charge in [0.25, 0.3) is 0 Å². The minimum Gasteiger partial charge on any atom is -0.310 e. The molecule has 2 heteroatoms. The van der Waals surface area contributed by atoms with Crippen LogP contribution in [0.1, 0.15) is 50.2 Å². The average Bonchev–Trinajstić information content (AvgIpc) is 2.37. The van der Waals surface area contributed by atoms with Gasteiger partial charge in [0.2, 0.25) is 0 Å². The van der Waals surface area contributed by atoms with Crippen molar-refractivity contribution in [2.45, 2.75) is 58.5 Å². The van der Waals surface area contributed by atoms with Crippen LogP contribution in [0.4, 0.5) is 0 Å². The Morgan fingerprint density at radius 2 is 2.24 bits per heavy atom. The topological polar surface area (TPSA) is 24.9 Å². The Labute approximate surface area is 105 Å². The fourth-order valence-corrected chi connectivity index (χ4v) is 2.82. The minimum atomic E-state index is 0.717. The lowest BCUT2D eigenvalue weighted by Crippen LogP contribution is -2.33. The molecule has 1 aliphatic carbocycles. The van der Waals surface area contributed by atoms with E-state index in [0.717, 1.165) is 12.5 Å². The van der Waals surface area contributed by atoms with Crippen LogP contribution in [0.25, 0.3) is 0 Å². The maximum Gasteiger partial charge on any atom is 0.0313 e. The van der Waals surface area contributed by atoms with Crippen molar-refractivity contribution in [2.75, 3.05) is 0 Å². The quantitative estimate of drug-likeness (QED) is 0.860. The highest BCUT2D eigenvalue weighted by Crippen LogP contribution is 2.26. The van der Waals surface area contributed by atoms with Crippen molar-refractivity contribution in [3.63, 3.8) is 0 Å². The summed E-state index contributed by atoms with van der Waals surface area (Å²) in [5.41, 5.74) is 2.56. The van der Waals surface area contributed by atoms with Gasteiger partial charge < -0.3 is 5.32 Å². The van der Waals surface area contributed by atoms with Crippen molar-refractivity contribution in [1.82, 2.24) is 10.3 Å². The molecule has 0 radical (unpaired) electrons. The van der Waals surface area contributed by atoms with Crippen molar-refractivity contribution in [3.8, 4) is 0 Å². The van der Waals surface area contributed by atoms with Gasteiger partial charge >= 0.3 is 0 Å². The van der Waals surface area contributed by atoms with Gasteiger partial charge in [0, 0.05) is 25.0 Å². The zero-order chi connectivity index (χ0) is 12.1. The molecule has 1 aromatic rings. The molecule has 1 aromatic heterocycles. The van der Waals surface area contributed by atoms with E-state index in [2.05, 4.69) is 30.2 Å². The van der Waals surface area contributed by atoms with Crippen molar-refractivity contribution in [2.24, 2.45) is 5.92 Å². The Bertz CT molecular complexity index is 349. The summed E-state index contributed by atoms with van der Waals surface area (Å²) in [6.45, 7) is 5.39. The normalized spacial score (nSPS) is 24.8. The SMILES string of the molecule is CCC1CCCC(NCc2cncc(C)c2)C1. The maximum atomic E-state index is 4.24. The van der Waals surface area contributed by atoms with Crippen molar-refractivity contribution in [1.29, 1.82) is 0 Å². The predicted octanol–water partition coefficient (Wildman–Crippen LogP) is 3.45. The van der Waals surface area contributed by atoms with E-state index >= 15 is 0 Å². The molecule has 0 spiro atoms. The van der Waals surface area contributed by atoms with E-state index in [4.69, 9.17) is 0 Å². The summed E-state index contributed by atoms with van der Waals surface area (Å²) < 4.78 is 0. The maximum absolute atomic E-state index is 4.24. The zero-order valence-electron chi connectivity index (χ0n) is 11.1. The van der Waals surface area contributed by atoms with Crippen molar-refractivity contribution < 1.29 is 0 Å². The Morgan fingerprint density at radius 3 is 3.00 bits per heavy atom. The van der Waals surface area contributed by atoms with Crippen molar-refractivity contribution >= 4 is 0 Å². The van der Waals surface area contributed by atoms with Crippen LogP contribution in [0.3, 0.4) is 0 Å². The second-order valence-electron chi connectivity index (χ2n) is 5.39. The summed E-state index contributed by atoms with van der Waals surface area (Å²) in [7, 11) is 0. The Kier molecular flexibility index (Phi) is 4.55. The van der Waals surface area contributed by atoms with E-state index in [0.29, 0.717) is 6.04 Å². The number of nitrogens with zero attached hydrogens (tertiary/aromatic N) is 1. The van der Waals surface area contributed by atoms with E-state index < -0.39 is 0 Å².